The number of methoxy groups -OCH3 is 1. The van der Waals surface area contributed by atoms with Crippen molar-refractivity contribution >= 4 is 34.6 Å². The van der Waals surface area contributed by atoms with E-state index in [1.165, 1.54) is 28.3 Å². The lowest BCUT2D eigenvalue weighted by atomic mass is 9.75. The van der Waals surface area contributed by atoms with Crippen LogP contribution in [0.4, 0.5) is 4.79 Å². The zero-order chi connectivity index (χ0) is 30.7. The predicted octanol–water partition coefficient (Wildman–Crippen LogP) is 4.10. The minimum absolute atomic E-state index is 0.0535. The highest BCUT2D eigenvalue weighted by atomic mass is 16.5. The summed E-state index contributed by atoms with van der Waals surface area (Å²) in [5, 5.41) is 0.329. The van der Waals surface area contributed by atoms with Crippen molar-refractivity contribution in [3.63, 3.8) is 0 Å². The SMILES string of the molecule is CCOC(=O)n1cc(C(=O)C(=O)N2CCN(C)CC2)c2cc(C(=O)N3CCC(C)(Cc4ccccc4)CC3)c(OC)cc21. The first-order valence-electron chi connectivity index (χ1n) is 14.9. The maximum Gasteiger partial charge on any atom is 0.418 e. The molecule has 2 aliphatic heterocycles. The van der Waals surface area contributed by atoms with Crippen LogP contribution < -0.4 is 4.74 Å². The number of carbonyl (C=O) groups is 4. The molecule has 0 spiro atoms. The molecule has 228 valence electrons. The average Bonchev–Trinajstić information content (AvgIpc) is 3.39. The van der Waals surface area contributed by atoms with Crippen LogP contribution in [0, 0.1) is 5.41 Å². The first kappa shape index (κ1) is 30.3. The van der Waals surface area contributed by atoms with Crippen LogP contribution in [0.3, 0.4) is 0 Å². The Kier molecular flexibility index (Phi) is 8.87. The molecule has 0 aliphatic carbocycles. The summed E-state index contributed by atoms with van der Waals surface area (Å²) in [6.45, 7) is 7.46. The molecule has 2 aliphatic rings. The molecule has 3 heterocycles. The van der Waals surface area contributed by atoms with Crippen molar-refractivity contribution < 1.29 is 28.7 Å². The summed E-state index contributed by atoms with van der Waals surface area (Å²) in [4.78, 5) is 59.1. The number of carbonyl (C=O) groups excluding carboxylic acids is 4. The summed E-state index contributed by atoms with van der Waals surface area (Å²) in [6, 6.07) is 13.5. The van der Waals surface area contributed by atoms with Crippen LogP contribution in [0.1, 0.15) is 53.0 Å². The maximum absolute atomic E-state index is 13.9. The summed E-state index contributed by atoms with van der Waals surface area (Å²) >= 11 is 0. The van der Waals surface area contributed by atoms with E-state index in [2.05, 4.69) is 24.0 Å². The molecule has 2 aromatic carbocycles. The molecule has 0 saturated carbocycles. The molecule has 10 heteroatoms. The smallest absolute Gasteiger partial charge is 0.418 e. The molecular formula is C33H40N4O6. The van der Waals surface area contributed by atoms with Crippen LogP contribution in [-0.4, -0.2) is 103 Å². The molecule has 0 radical (unpaired) electrons. The van der Waals surface area contributed by atoms with E-state index in [0.29, 0.717) is 50.2 Å². The van der Waals surface area contributed by atoms with Crippen LogP contribution in [-0.2, 0) is 16.0 Å². The predicted molar refractivity (Wildman–Crippen MR) is 163 cm³/mol. The van der Waals surface area contributed by atoms with Crippen LogP contribution in [0.25, 0.3) is 10.9 Å². The number of piperazine rings is 1. The van der Waals surface area contributed by atoms with Gasteiger partial charge in [0.15, 0.2) is 0 Å². The van der Waals surface area contributed by atoms with Crippen LogP contribution in [0.2, 0.25) is 0 Å². The van der Waals surface area contributed by atoms with E-state index in [0.717, 1.165) is 19.3 Å². The second-order valence-corrected chi connectivity index (χ2v) is 11.9. The van der Waals surface area contributed by atoms with Gasteiger partial charge in [0, 0.05) is 56.9 Å². The van der Waals surface area contributed by atoms with E-state index in [9.17, 15) is 19.2 Å². The monoisotopic (exact) mass is 588 g/mol. The van der Waals surface area contributed by atoms with Gasteiger partial charge in [0.25, 0.3) is 17.6 Å². The van der Waals surface area contributed by atoms with E-state index < -0.39 is 17.8 Å². The van der Waals surface area contributed by atoms with E-state index >= 15 is 0 Å². The zero-order valence-corrected chi connectivity index (χ0v) is 25.4. The highest BCUT2D eigenvalue weighted by molar-refractivity contribution is 6.45. The van der Waals surface area contributed by atoms with E-state index in [1.54, 1.807) is 19.1 Å². The molecule has 1 aromatic heterocycles. The normalized spacial score (nSPS) is 17.1. The molecule has 0 bridgehead atoms. The number of hydrogen-bond donors (Lipinski definition) is 0. The number of rotatable bonds is 7. The van der Waals surface area contributed by atoms with Crippen molar-refractivity contribution in [1.29, 1.82) is 0 Å². The fourth-order valence-electron chi connectivity index (χ4n) is 6.07. The van der Waals surface area contributed by atoms with Crippen LogP contribution >= 0.6 is 0 Å². The third-order valence-corrected chi connectivity index (χ3v) is 8.78. The number of nitrogens with zero attached hydrogens (tertiary/aromatic N) is 4. The number of aromatic nitrogens is 1. The van der Waals surface area contributed by atoms with Crippen molar-refractivity contribution in [3.8, 4) is 5.75 Å². The maximum atomic E-state index is 13.9. The molecule has 2 fully saturated rings. The number of amides is 2. The van der Waals surface area contributed by atoms with Crippen molar-refractivity contribution in [2.24, 2.45) is 5.41 Å². The molecule has 0 unspecified atom stereocenters. The van der Waals surface area contributed by atoms with Gasteiger partial charge in [-0.3, -0.25) is 19.0 Å². The van der Waals surface area contributed by atoms with E-state index in [4.69, 9.17) is 9.47 Å². The van der Waals surface area contributed by atoms with Crippen molar-refractivity contribution in [3.05, 3.63) is 65.4 Å². The van der Waals surface area contributed by atoms with Gasteiger partial charge in [-0.1, -0.05) is 37.3 Å². The van der Waals surface area contributed by atoms with Crippen LogP contribution in [0.5, 0.6) is 5.75 Å². The minimum Gasteiger partial charge on any atom is -0.496 e. The van der Waals surface area contributed by atoms with Crippen molar-refractivity contribution in [1.82, 2.24) is 19.3 Å². The Balaban J connectivity index is 1.45. The van der Waals surface area contributed by atoms with Crippen molar-refractivity contribution in [2.75, 3.05) is 60.0 Å². The molecule has 2 saturated heterocycles. The van der Waals surface area contributed by atoms with Crippen molar-refractivity contribution in [2.45, 2.75) is 33.1 Å². The molecule has 5 rings (SSSR count). The topological polar surface area (TPSA) is 101 Å². The molecule has 43 heavy (non-hydrogen) atoms. The lowest BCUT2D eigenvalue weighted by Crippen LogP contribution is -2.49. The second-order valence-electron chi connectivity index (χ2n) is 11.9. The highest BCUT2D eigenvalue weighted by Gasteiger charge is 2.35. The summed E-state index contributed by atoms with van der Waals surface area (Å²) < 4.78 is 12.1. The summed E-state index contributed by atoms with van der Waals surface area (Å²) in [6.07, 6.45) is 3.29. The van der Waals surface area contributed by atoms with Gasteiger partial charge in [-0.25, -0.2) is 4.79 Å². The highest BCUT2D eigenvalue weighted by Crippen LogP contribution is 2.37. The van der Waals surface area contributed by atoms with Gasteiger partial charge in [0.05, 0.1) is 30.4 Å². The number of fused-ring (bicyclic) bond motifs is 1. The van der Waals surface area contributed by atoms with Crippen LogP contribution in [0.15, 0.2) is 48.7 Å². The molecule has 0 atom stereocenters. The number of likely N-dealkylation sites (tertiary alicyclic amines) is 1. The van der Waals surface area contributed by atoms with Gasteiger partial charge in [-0.05, 0) is 50.3 Å². The molecule has 3 aromatic rings. The van der Waals surface area contributed by atoms with Gasteiger partial charge in [0.2, 0.25) is 0 Å². The van der Waals surface area contributed by atoms with E-state index in [1.807, 2.05) is 30.1 Å². The Labute approximate surface area is 252 Å². The Morgan fingerprint density at radius 1 is 0.884 bits per heavy atom. The quantitative estimate of drug-likeness (QED) is 0.303. The Bertz CT molecular complexity index is 1520. The first-order chi connectivity index (χ1) is 20.6. The Morgan fingerprint density at radius 3 is 2.19 bits per heavy atom. The zero-order valence-electron chi connectivity index (χ0n) is 25.4. The van der Waals surface area contributed by atoms with E-state index in [-0.39, 0.29) is 34.8 Å². The summed E-state index contributed by atoms with van der Waals surface area (Å²) in [7, 11) is 3.43. The Morgan fingerprint density at radius 2 is 1.56 bits per heavy atom. The first-order valence-corrected chi connectivity index (χ1v) is 14.9. The molecular weight excluding hydrogens is 548 g/mol. The van der Waals surface area contributed by atoms with Gasteiger partial charge in [-0.2, -0.15) is 0 Å². The number of piperidine rings is 1. The molecule has 10 nitrogen and oxygen atoms in total. The number of ketones is 1. The summed E-state index contributed by atoms with van der Waals surface area (Å²) in [5.41, 5.74) is 2.02. The third kappa shape index (κ3) is 6.29. The van der Waals surface area contributed by atoms with Gasteiger partial charge in [0.1, 0.15) is 5.75 Å². The number of ether oxygens (including phenoxy) is 2. The van der Waals surface area contributed by atoms with Gasteiger partial charge < -0.3 is 24.2 Å². The minimum atomic E-state index is -0.726. The van der Waals surface area contributed by atoms with Gasteiger partial charge in [-0.15, -0.1) is 0 Å². The lowest BCUT2D eigenvalue weighted by Gasteiger charge is -2.39. The second kappa shape index (κ2) is 12.6. The number of hydrogen-bond acceptors (Lipinski definition) is 7. The summed E-state index contributed by atoms with van der Waals surface area (Å²) in [5.74, 6) is -1.29. The largest absolute Gasteiger partial charge is 0.496 e. The number of likely N-dealkylation sites (N-methyl/N-ethyl adjacent to an activating group) is 1. The Hall–Kier alpha value is -4.18. The number of Topliss-reactive ketones (excluding diaryl/α,β-unsaturated/α-hetero) is 1. The van der Waals surface area contributed by atoms with Gasteiger partial charge >= 0.3 is 6.09 Å². The standard InChI is InChI=1S/C33H40N4O6/c1-5-43-32(41)37-22-26(29(38)31(40)36-17-15-34(3)16-18-36)24-19-25(28(42-4)20-27(24)37)30(39)35-13-11-33(2,12-14-35)21-23-9-7-6-8-10-23/h6-10,19-20,22H,5,11-18,21H2,1-4H3. The lowest BCUT2D eigenvalue weighted by molar-refractivity contribution is -0.127. The third-order valence-electron chi connectivity index (χ3n) is 8.78. The fraction of sp³-hybridized carbons (Fsp3) is 0.455. The average molecular weight is 589 g/mol. The molecule has 2 amide bonds. The number of benzene rings is 2. The molecule has 0 N–H and O–H groups in total. The fourth-order valence-corrected chi connectivity index (χ4v) is 6.07.